The molecule has 0 heterocycles. The molecule has 5 nitrogen and oxygen atoms in total. The van der Waals surface area contributed by atoms with E-state index in [0.29, 0.717) is 0 Å². The summed E-state index contributed by atoms with van der Waals surface area (Å²) in [7, 11) is 1.68. The van der Waals surface area contributed by atoms with E-state index >= 15 is 0 Å². The van der Waals surface area contributed by atoms with Crippen molar-refractivity contribution in [2.75, 3.05) is 20.1 Å². The molecule has 0 aliphatic heterocycles. The van der Waals surface area contributed by atoms with Gasteiger partial charge in [0.1, 0.15) is 5.54 Å². The van der Waals surface area contributed by atoms with Crippen LogP contribution in [-0.2, 0) is 4.79 Å². The van der Waals surface area contributed by atoms with Crippen LogP contribution in [0.3, 0.4) is 0 Å². The van der Waals surface area contributed by atoms with Crippen LogP contribution in [0.2, 0.25) is 0 Å². The first-order valence-electron chi connectivity index (χ1n) is 5.13. The summed E-state index contributed by atoms with van der Waals surface area (Å²) >= 11 is 0. The first kappa shape index (κ1) is 14.4. The molecule has 0 aromatic rings. The normalized spacial score (nSPS) is 14.0. The molecule has 5 heteroatoms. The van der Waals surface area contributed by atoms with Crippen LogP contribution in [-0.4, -0.2) is 36.5 Å². The van der Waals surface area contributed by atoms with Gasteiger partial charge in [0, 0.05) is 0 Å². The number of hydrogen-bond donors (Lipinski definition) is 1. The molecule has 0 bridgehead atoms. The van der Waals surface area contributed by atoms with E-state index in [4.69, 9.17) is 10.5 Å². The van der Waals surface area contributed by atoms with Crippen LogP contribution in [0.4, 0.5) is 0 Å². The highest BCUT2D eigenvalue weighted by Crippen LogP contribution is 2.14. The van der Waals surface area contributed by atoms with Crippen molar-refractivity contribution in [3.63, 3.8) is 0 Å². The summed E-state index contributed by atoms with van der Waals surface area (Å²) < 4.78 is 0. The van der Waals surface area contributed by atoms with Crippen molar-refractivity contribution in [1.29, 1.82) is 10.5 Å². The van der Waals surface area contributed by atoms with Crippen LogP contribution < -0.4 is 5.32 Å². The Bertz CT molecular complexity index is 326. The lowest BCUT2D eigenvalue weighted by Gasteiger charge is -2.28. The largest absolute Gasteiger partial charge is 0.337 e. The zero-order valence-corrected chi connectivity index (χ0v) is 10.2. The summed E-state index contributed by atoms with van der Waals surface area (Å²) in [4.78, 5) is 13.2. The molecule has 0 saturated carbocycles. The van der Waals surface area contributed by atoms with Gasteiger partial charge in [0.2, 0.25) is 5.91 Å². The van der Waals surface area contributed by atoms with Crippen molar-refractivity contribution in [3.8, 4) is 12.1 Å². The molecule has 0 spiro atoms. The Labute approximate surface area is 96.6 Å². The molecular weight excluding hydrogens is 204 g/mol. The Hall–Kier alpha value is -1.59. The lowest BCUT2D eigenvalue weighted by atomic mass is 9.90. The predicted octanol–water partition coefficient (Wildman–Crippen LogP) is 0.496. The summed E-state index contributed by atoms with van der Waals surface area (Å²) in [6.07, 6.45) is 0. The van der Waals surface area contributed by atoms with Gasteiger partial charge in [0.05, 0.1) is 25.2 Å². The maximum absolute atomic E-state index is 11.6. The third kappa shape index (κ3) is 4.29. The zero-order chi connectivity index (χ0) is 12.8. The van der Waals surface area contributed by atoms with Gasteiger partial charge in [-0.1, -0.05) is 13.8 Å². The molecule has 0 fully saturated rings. The Balaban J connectivity index is 4.35. The van der Waals surface area contributed by atoms with E-state index in [1.807, 2.05) is 19.9 Å². The Morgan fingerprint density at radius 1 is 1.50 bits per heavy atom. The number of rotatable bonds is 5. The molecular formula is C11H18N4O. The molecule has 0 saturated heterocycles. The highest BCUT2D eigenvalue weighted by Gasteiger charge is 2.29. The summed E-state index contributed by atoms with van der Waals surface area (Å²) in [6.45, 7) is 5.76. The molecule has 0 aromatic carbocycles. The third-order valence-corrected chi connectivity index (χ3v) is 2.54. The Kier molecular flexibility index (Phi) is 5.49. The Morgan fingerprint density at radius 3 is 2.44 bits per heavy atom. The van der Waals surface area contributed by atoms with Crippen molar-refractivity contribution < 1.29 is 4.79 Å². The number of hydrogen-bond acceptors (Lipinski definition) is 4. The van der Waals surface area contributed by atoms with E-state index in [2.05, 4.69) is 11.4 Å². The number of carbonyl (C=O) groups excluding carboxylic acids is 1. The van der Waals surface area contributed by atoms with Crippen LogP contribution >= 0.6 is 0 Å². The summed E-state index contributed by atoms with van der Waals surface area (Å²) in [5.74, 6) is -0.210. The molecule has 1 N–H and O–H groups in total. The fourth-order valence-electron chi connectivity index (χ4n) is 1.05. The Morgan fingerprint density at radius 2 is 2.06 bits per heavy atom. The minimum atomic E-state index is -0.857. The van der Waals surface area contributed by atoms with E-state index in [9.17, 15) is 4.79 Å². The van der Waals surface area contributed by atoms with Crippen molar-refractivity contribution in [2.45, 2.75) is 26.3 Å². The van der Waals surface area contributed by atoms with E-state index in [1.54, 1.807) is 18.9 Å². The number of nitrogens with one attached hydrogen (secondary N) is 1. The third-order valence-electron chi connectivity index (χ3n) is 2.54. The molecule has 0 radical (unpaired) electrons. The molecule has 16 heavy (non-hydrogen) atoms. The van der Waals surface area contributed by atoms with Crippen molar-refractivity contribution in [1.82, 2.24) is 10.2 Å². The highest BCUT2D eigenvalue weighted by atomic mass is 16.2. The minimum absolute atomic E-state index is 0.0303. The van der Waals surface area contributed by atoms with Gasteiger partial charge in [-0.15, -0.1) is 0 Å². The number of carbonyl (C=O) groups is 1. The monoisotopic (exact) mass is 222 g/mol. The first-order valence-corrected chi connectivity index (χ1v) is 5.13. The second kappa shape index (κ2) is 6.09. The second-order valence-electron chi connectivity index (χ2n) is 4.35. The molecule has 1 amide bonds. The fraction of sp³-hybridized carbons (Fsp3) is 0.727. The van der Waals surface area contributed by atoms with Crippen LogP contribution in [0.5, 0.6) is 0 Å². The van der Waals surface area contributed by atoms with Crippen LogP contribution in [0, 0.1) is 28.6 Å². The van der Waals surface area contributed by atoms with Gasteiger partial charge in [0.15, 0.2) is 0 Å². The average Bonchev–Trinajstić information content (AvgIpc) is 2.17. The minimum Gasteiger partial charge on any atom is -0.337 e. The van der Waals surface area contributed by atoms with Gasteiger partial charge in [-0.3, -0.25) is 9.69 Å². The van der Waals surface area contributed by atoms with Crippen LogP contribution in [0.25, 0.3) is 0 Å². The summed E-state index contributed by atoms with van der Waals surface area (Å²) in [6, 6.07) is 4.05. The lowest BCUT2D eigenvalue weighted by molar-refractivity contribution is -0.123. The van der Waals surface area contributed by atoms with E-state index in [0.717, 1.165) is 0 Å². The van der Waals surface area contributed by atoms with Crippen molar-refractivity contribution in [2.24, 2.45) is 5.92 Å². The quantitative estimate of drug-likeness (QED) is 0.687. The number of amides is 1. The van der Waals surface area contributed by atoms with E-state index in [-0.39, 0.29) is 24.9 Å². The van der Waals surface area contributed by atoms with Crippen molar-refractivity contribution >= 4 is 5.91 Å². The van der Waals surface area contributed by atoms with Crippen molar-refractivity contribution in [3.05, 3.63) is 0 Å². The predicted molar refractivity (Wildman–Crippen MR) is 60.1 cm³/mol. The van der Waals surface area contributed by atoms with Gasteiger partial charge in [0.25, 0.3) is 0 Å². The lowest BCUT2D eigenvalue weighted by Crippen LogP contribution is -2.51. The van der Waals surface area contributed by atoms with Gasteiger partial charge in [-0.25, -0.2) is 0 Å². The number of likely N-dealkylation sites (N-methyl/N-ethyl adjacent to an activating group) is 1. The second-order valence-corrected chi connectivity index (χ2v) is 4.35. The molecule has 0 aromatic heterocycles. The zero-order valence-electron chi connectivity index (χ0n) is 10.2. The summed E-state index contributed by atoms with van der Waals surface area (Å²) in [5.41, 5.74) is -0.857. The van der Waals surface area contributed by atoms with Crippen LogP contribution in [0.15, 0.2) is 0 Å². The summed E-state index contributed by atoms with van der Waals surface area (Å²) in [5, 5.41) is 20.1. The molecule has 0 rings (SSSR count). The van der Waals surface area contributed by atoms with E-state index < -0.39 is 5.54 Å². The molecule has 1 unspecified atom stereocenters. The van der Waals surface area contributed by atoms with Crippen LogP contribution in [0.1, 0.15) is 20.8 Å². The van der Waals surface area contributed by atoms with E-state index in [1.165, 1.54) is 0 Å². The fourth-order valence-corrected chi connectivity index (χ4v) is 1.05. The van der Waals surface area contributed by atoms with Gasteiger partial charge >= 0.3 is 0 Å². The highest BCUT2D eigenvalue weighted by molar-refractivity contribution is 5.79. The smallest absolute Gasteiger partial charge is 0.235 e. The maximum atomic E-state index is 11.6. The average molecular weight is 222 g/mol. The van der Waals surface area contributed by atoms with Gasteiger partial charge in [-0.2, -0.15) is 10.5 Å². The SMILES string of the molecule is CC(C)C(C)(C#N)NC(=O)CN(C)CC#N. The first-order chi connectivity index (χ1) is 7.35. The molecule has 88 valence electrons. The topological polar surface area (TPSA) is 79.9 Å². The van der Waals surface area contributed by atoms with Gasteiger partial charge < -0.3 is 5.32 Å². The molecule has 0 aliphatic carbocycles. The standard InChI is InChI=1S/C11H18N4O/c1-9(2)11(3,8-13)14-10(16)7-15(4)6-5-12/h9H,6-7H2,1-4H3,(H,14,16). The van der Waals surface area contributed by atoms with Gasteiger partial charge in [-0.05, 0) is 19.9 Å². The number of nitriles is 2. The molecule has 1 atom stereocenters. The molecule has 0 aliphatic rings. The maximum Gasteiger partial charge on any atom is 0.235 e. The number of nitrogens with zero attached hydrogens (tertiary/aromatic N) is 3.